The van der Waals surface area contributed by atoms with Crippen LogP contribution in [-0.4, -0.2) is 28.2 Å². The summed E-state index contributed by atoms with van der Waals surface area (Å²) in [5, 5.41) is 18.1. The first-order chi connectivity index (χ1) is 10.0. The number of hydrogen-bond donors (Lipinski definition) is 1. The maximum Gasteiger partial charge on any atom is 0.273 e. The van der Waals surface area contributed by atoms with E-state index in [-0.39, 0.29) is 29.1 Å². The molecule has 0 saturated carbocycles. The summed E-state index contributed by atoms with van der Waals surface area (Å²) in [5.74, 6) is 0.883. The van der Waals surface area contributed by atoms with Crippen LogP contribution in [0.4, 0.5) is 5.69 Å². The molecule has 0 amide bonds. The Hall–Kier alpha value is -1.99. The zero-order valence-electron chi connectivity index (χ0n) is 12.7. The molecular weight excluding hydrogens is 308 g/mol. The Morgan fingerprint density at radius 1 is 1.45 bits per heavy atom. The third-order valence-electron chi connectivity index (χ3n) is 3.36. The molecule has 7 nitrogen and oxygen atoms in total. The number of nitrogens with zero attached hydrogens (tertiary/aromatic N) is 3. The van der Waals surface area contributed by atoms with Crippen molar-refractivity contribution in [2.24, 2.45) is 0 Å². The molecule has 1 aromatic carbocycles. The molecule has 0 saturated heterocycles. The van der Waals surface area contributed by atoms with Crippen LogP contribution < -0.4 is 5.32 Å². The van der Waals surface area contributed by atoms with Crippen LogP contribution in [0.3, 0.4) is 0 Å². The van der Waals surface area contributed by atoms with E-state index in [0.29, 0.717) is 35.7 Å². The Morgan fingerprint density at radius 2 is 2.18 bits per heavy atom. The Balaban J connectivity index is 0.00000242. The van der Waals surface area contributed by atoms with Gasteiger partial charge < -0.3 is 9.84 Å². The van der Waals surface area contributed by atoms with Crippen LogP contribution in [0.1, 0.15) is 25.2 Å². The van der Waals surface area contributed by atoms with E-state index < -0.39 is 0 Å². The van der Waals surface area contributed by atoms with Crippen molar-refractivity contribution >= 4 is 18.1 Å². The first-order valence-corrected chi connectivity index (χ1v) is 6.82. The zero-order valence-corrected chi connectivity index (χ0v) is 13.5. The highest BCUT2D eigenvalue weighted by Gasteiger charge is 2.17. The molecule has 1 N–H and O–H groups in total. The lowest BCUT2D eigenvalue weighted by Crippen LogP contribution is -2.24. The number of halogens is 1. The lowest BCUT2D eigenvalue weighted by molar-refractivity contribution is -0.385. The lowest BCUT2D eigenvalue weighted by atomic mass is 10.1. The smallest absolute Gasteiger partial charge is 0.273 e. The third-order valence-corrected chi connectivity index (χ3v) is 3.36. The average molecular weight is 327 g/mol. The molecule has 0 bridgehead atoms. The van der Waals surface area contributed by atoms with Crippen molar-refractivity contribution in [2.75, 3.05) is 7.05 Å². The van der Waals surface area contributed by atoms with Crippen LogP contribution >= 0.6 is 12.4 Å². The molecule has 1 aromatic heterocycles. The molecule has 22 heavy (non-hydrogen) atoms. The van der Waals surface area contributed by atoms with Crippen molar-refractivity contribution in [3.8, 4) is 11.5 Å². The van der Waals surface area contributed by atoms with Crippen molar-refractivity contribution in [1.29, 1.82) is 0 Å². The molecule has 0 fully saturated rings. The van der Waals surface area contributed by atoms with Gasteiger partial charge in [-0.05, 0) is 26.5 Å². The standard InChI is InChI=1S/C14H18N4O3.ClH/c1-4-10-5-6-11(8-12(10)18(19)20)14-16-13(17-21-14)7-9(2)15-3;/h5-6,8-9,15H,4,7H2,1-3H3;1H. The number of rotatable bonds is 6. The van der Waals surface area contributed by atoms with Crippen LogP contribution in [0, 0.1) is 10.1 Å². The molecule has 0 aliphatic rings. The summed E-state index contributed by atoms with van der Waals surface area (Å²) in [7, 11) is 1.86. The summed E-state index contributed by atoms with van der Waals surface area (Å²) in [6, 6.07) is 5.21. The Morgan fingerprint density at radius 3 is 2.77 bits per heavy atom. The van der Waals surface area contributed by atoms with E-state index in [9.17, 15) is 10.1 Å². The normalized spacial score (nSPS) is 11.8. The maximum absolute atomic E-state index is 11.1. The number of likely N-dealkylation sites (N-methyl/N-ethyl adjacent to an activating group) is 1. The lowest BCUT2D eigenvalue weighted by Gasteiger charge is -2.04. The fourth-order valence-electron chi connectivity index (χ4n) is 2.00. The van der Waals surface area contributed by atoms with Gasteiger partial charge in [0.15, 0.2) is 5.82 Å². The number of nitro benzene ring substituents is 1. The van der Waals surface area contributed by atoms with Crippen molar-refractivity contribution in [1.82, 2.24) is 15.5 Å². The van der Waals surface area contributed by atoms with Gasteiger partial charge in [0.2, 0.25) is 0 Å². The summed E-state index contributed by atoms with van der Waals surface area (Å²) in [6.45, 7) is 3.89. The molecule has 120 valence electrons. The van der Waals surface area contributed by atoms with E-state index in [1.165, 1.54) is 6.07 Å². The van der Waals surface area contributed by atoms with Gasteiger partial charge in [0, 0.05) is 29.7 Å². The van der Waals surface area contributed by atoms with E-state index in [1.54, 1.807) is 12.1 Å². The molecule has 0 spiro atoms. The van der Waals surface area contributed by atoms with E-state index in [2.05, 4.69) is 15.5 Å². The van der Waals surface area contributed by atoms with E-state index in [4.69, 9.17) is 4.52 Å². The summed E-state index contributed by atoms with van der Waals surface area (Å²) in [6.07, 6.45) is 1.24. The molecule has 1 heterocycles. The second-order valence-corrected chi connectivity index (χ2v) is 4.86. The average Bonchev–Trinajstić information content (AvgIpc) is 2.94. The number of nitro groups is 1. The minimum Gasteiger partial charge on any atom is -0.334 e. The Kier molecular flexibility index (Phi) is 6.45. The minimum absolute atomic E-state index is 0. The van der Waals surface area contributed by atoms with Gasteiger partial charge in [-0.1, -0.05) is 18.1 Å². The summed E-state index contributed by atoms with van der Waals surface area (Å²) in [5.41, 5.74) is 1.33. The highest BCUT2D eigenvalue weighted by Crippen LogP contribution is 2.26. The molecule has 1 atom stereocenters. The quantitative estimate of drug-likeness (QED) is 0.648. The van der Waals surface area contributed by atoms with Crippen LogP contribution in [-0.2, 0) is 12.8 Å². The van der Waals surface area contributed by atoms with Gasteiger partial charge in [-0.2, -0.15) is 4.98 Å². The number of benzene rings is 1. The van der Waals surface area contributed by atoms with E-state index >= 15 is 0 Å². The molecule has 1 unspecified atom stereocenters. The topological polar surface area (TPSA) is 94.1 Å². The van der Waals surface area contributed by atoms with Gasteiger partial charge in [-0.15, -0.1) is 12.4 Å². The highest BCUT2D eigenvalue weighted by atomic mass is 35.5. The SMILES string of the molecule is CCc1ccc(-c2nc(CC(C)NC)no2)cc1[N+](=O)[O-].Cl. The van der Waals surface area contributed by atoms with Gasteiger partial charge in [0.1, 0.15) is 0 Å². The second-order valence-electron chi connectivity index (χ2n) is 4.86. The van der Waals surface area contributed by atoms with Gasteiger partial charge >= 0.3 is 0 Å². The molecular formula is C14H19ClN4O3. The summed E-state index contributed by atoms with van der Waals surface area (Å²) >= 11 is 0. The molecule has 2 aromatic rings. The zero-order chi connectivity index (χ0) is 15.4. The predicted molar refractivity (Wildman–Crippen MR) is 85.2 cm³/mol. The molecule has 0 aliphatic heterocycles. The van der Waals surface area contributed by atoms with Crippen molar-refractivity contribution in [3.05, 3.63) is 39.7 Å². The van der Waals surface area contributed by atoms with Gasteiger partial charge in [-0.25, -0.2) is 0 Å². The monoisotopic (exact) mass is 326 g/mol. The van der Waals surface area contributed by atoms with Crippen LogP contribution in [0.5, 0.6) is 0 Å². The second kappa shape index (κ2) is 7.86. The molecule has 0 aliphatic carbocycles. The fraction of sp³-hybridized carbons (Fsp3) is 0.429. The van der Waals surface area contributed by atoms with E-state index in [1.807, 2.05) is 20.9 Å². The van der Waals surface area contributed by atoms with Crippen molar-refractivity contribution in [2.45, 2.75) is 32.7 Å². The molecule has 8 heteroatoms. The van der Waals surface area contributed by atoms with Gasteiger partial charge in [-0.3, -0.25) is 10.1 Å². The maximum atomic E-state index is 11.1. The summed E-state index contributed by atoms with van der Waals surface area (Å²) in [4.78, 5) is 15.0. The van der Waals surface area contributed by atoms with Gasteiger partial charge in [0.25, 0.3) is 11.6 Å². The van der Waals surface area contributed by atoms with Crippen LogP contribution in [0.25, 0.3) is 11.5 Å². The Bertz CT molecular complexity index is 645. The van der Waals surface area contributed by atoms with Crippen LogP contribution in [0.2, 0.25) is 0 Å². The molecule has 2 rings (SSSR count). The van der Waals surface area contributed by atoms with Crippen molar-refractivity contribution in [3.63, 3.8) is 0 Å². The number of nitrogens with one attached hydrogen (secondary N) is 1. The van der Waals surface area contributed by atoms with Crippen LogP contribution in [0.15, 0.2) is 22.7 Å². The van der Waals surface area contributed by atoms with Crippen molar-refractivity contribution < 1.29 is 9.45 Å². The van der Waals surface area contributed by atoms with E-state index in [0.717, 1.165) is 0 Å². The van der Waals surface area contributed by atoms with Gasteiger partial charge in [0.05, 0.1) is 4.92 Å². The number of hydrogen-bond acceptors (Lipinski definition) is 6. The number of aryl methyl sites for hydroxylation is 1. The Labute approximate surface area is 134 Å². The first-order valence-electron chi connectivity index (χ1n) is 6.82. The highest BCUT2D eigenvalue weighted by molar-refractivity contribution is 5.85. The minimum atomic E-state index is -0.386. The molecule has 0 radical (unpaired) electrons. The predicted octanol–water partition coefficient (Wildman–Crippen LogP) is 2.78. The largest absolute Gasteiger partial charge is 0.334 e. The fourth-order valence-corrected chi connectivity index (χ4v) is 2.00. The summed E-state index contributed by atoms with van der Waals surface area (Å²) < 4.78 is 5.19. The number of aromatic nitrogens is 2. The third kappa shape index (κ3) is 4.02. The first kappa shape index (κ1) is 18.1.